The van der Waals surface area contributed by atoms with Gasteiger partial charge in [-0.1, -0.05) is 49.2 Å². The minimum absolute atomic E-state index is 0.207. The Bertz CT molecular complexity index is 553. The number of nitrogens with two attached hydrogens (primary N) is 1. The third kappa shape index (κ3) is 1.93. The van der Waals surface area contributed by atoms with Gasteiger partial charge in [0.2, 0.25) is 0 Å². The third-order valence-corrected chi connectivity index (χ3v) is 4.43. The van der Waals surface area contributed by atoms with E-state index in [-0.39, 0.29) is 6.04 Å². The Balaban J connectivity index is 2.11. The predicted molar refractivity (Wildman–Crippen MR) is 77.6 cm³/mol. The van der Waals surface area contributed by atoms with Gasteiger partial charge in [0.25, 0.3) is 0 Å². The Kier molecular flexibility index (Phi) is 3.09. The minimum Gasteiger partial charge on any atom is -0.324 e. The smallest absolute Gasteiger partial charge is 0.0332 e. The molecule has 2 N–H and O–H groups in total. The maximum atomic E-state index is 6.57. The highest BCUT2D eigenvalue weighted by atomic mass is 14.7. The molecule has 1 heteroatoms. The largest absolute Gasteiger partial charge is 0.324 e. The predicted octanol–water partition coefficient (Wildman–Crippen LogP) is 4.34. The van der Waals surface area contributed by atoms with E-state index in [2.05, 4.69) is 43.3 Å². The van der Waals surface area contributed by atoms with E-state index in [0.29, 0.717) is 5.92 Å². The molecule has 0 heterocycles. The van der Waals surface area contributed by atoms with Crippen molar-refractivity contribution in [3.63, 3.8) is 0 Å². The minimum atomic E-state index is 0.207. The molecule has 0 spiro atoms. The molecule has 1 fully saturated rings. The van der Waals surface area contributed by atoms with Crippen molar-refractivity contribution < 1.29 is 0 Å². The number of hydrogen-bond acceptors (Lipinski definition) is 1. The molecule has 0 aliphatic heterocycles. The molecule has 1 aliphatic carbocycles. The van der Waals surface area contributed by atoms with Gasteiger partial charge < -0.3 is 5.73 Å². The van der Waals surface area contributed by atoms with Crippen LogP contribution >= 0.6 is 0 Å². The Morgan fingerprint density at radius 2 is 1.78 bits per heavy atom. The lowest BCUT2D eigenvalue weighted by Crippen LogP contribution is -2.20. The second-order valence-corrected chi connectivity index (χ2v) is 5.59. The summed E-state index contributed by atoms with van der Waals surface area (Å²) in [7, 11) is 0. The molecule has 1 aliphatic rings. The van der Waals surface area contributed by atoms with Crippen LogP contribution in [0, 0.1) is 12.8 Å². The third-order valence-electron chi connectivity index (χ3n) is 4.43. The van der Waals surface area contributed by atoms with Gasteiger partial charge in [0.05, 0.1) is 0 Å². The lowest BCUT2D eigenvalue weighted by molar-refractivity contribution is 0.446. The summed E-state index contributed by atoms with van der Waals surface area (Å²) in [6.45, 7) is 2.19. The summed E-state index contributed by atoms with van der Waals surface area (Å²) in [4.78, 5) is 0. The SMILES string of the molecule is Cc1ccc2ccccc2c1C(N)C1CCCC1. The van der Waals surface area contributed by atoms with Gasteiger partial charge in [-0.25, -0.2) is 0 Å². The zero-order chi connectivity index (χ0) is 12.5. The second kappa shape index (κ2) is 4.74. The van der Waals surface area contributed by atoms with Gasteiger partial charge in [0.15, 0.2) is 0 Å². The summed E-state index contributed by atoms with van der Waals surface area (Å²) < 4.78 is 0. The number of hydrogen-bond donors (Lipinski definition) is 1. The monoisotopic (exact) mass is 239 g/mol. The maximum Gasteiger partial charge on any atom is 0.0332 e. The fraction of sp³-hybridized carbons (Fsp3) is 0.412. The molecule has 0 saturated heterocycles. The van der Waals surface area contributed by atoms with E-state index in [1.807, 2.05) is 0 Å². The molecule has 1 unspecified atom stereocenters. The molecule has 94 valence electrons. The van der Waals surface area contributed by atoms with Gasteiger partial charge in [-0.3, -0.25) is 0 Å². The first kappa shape index (κ1) is 11.7. The second-order valence-electron chi connectivity index (χ2n) is 5.59. The summed E-state index contributed by atoms with van der Waals surface area (Å²) in [6.07, 6.45) is 5.29. The highest BCUT2D eigenvalue weighted by Crippen LogP contribution is 2.38. The Hall–Kier alpha value is -1.34. The lowest BCUT2D eigenvalue weighted by Gasteiger charge is -2.23. The molecular formula is C17H21N. The Morgan fingerprint density at radius 1 is 1.06 bits per heavy atom. The summed E-state index contributed by atoms with van der Waals surface area (Å²) in [5.74, 6) is 0.675. The van der Waals surface area contributed by atoms with Crippen LogP contribution in [0.2, 0.25) is 0 Å². The molecule has 0 radical (unpaired) electrons. The summed E-state index contributed by atoms with van der Waals surface area (Å²) in [5, 5.41) is 2.66. The van der Waals surface area contributed by atoms with Crippen molar-refractivity contribution >= 4 is 10.8 Å². The standard InChI is InChI=1S/C17H21N/c1-12-10-11-13-6-4-5-9-15(13)16(12)17(18)14-7-2-3-8-14/h4-6,9-11,14,17H,2-3,7-8,18H2,1H3. The van der Waals surface area contributed by atoms with E-state index in [0.717, 1.165) is 0 Å². The molecule has 1 atom stereocenters. The molecule has 18 heavy (non-hydrogen) atoms. The van der Waals surface area contributed by atoms with Crippen LogP contribution in [0.1, 0.15) is 42.9 Å². The van der Waals surface area contributed by atoms with Crippen molar-refractivity contribution in [2.45, 2.75) is 38.6 Å². The van der Waals surface area contributed by atoms with Gasteiger partial charge >= 0.3 is 0 Å². The topological polar surface area (TPSA) is 26.0 Å². The molecule has 2 aromatic carbocycles. The normalized spacial score (nSPS) is 18.3. The lowest BCUT2D eigenvalue weighted by atomic mass is 9.86. The van der Waals surface area contributed by atoms with E-state index in [9.17, 15) is 0 Å². The first-order chi connectivity index (χ1) is 8.77. The van der Waals surface area contributed by atoms with Gasteiger partial charge in [-0.05, 0) is 47.6 Å². The van der Waals surface area contributed by atoms with Gasteiger partial charge in [0.1, 0.15) is 0 Å². The highest BCUT2D eigenvalue weighted by molar-refractivity contribution is 5.87. The van der Waals surface area contributed by atoms with Gasteiger partial charge in [-0.15, -0.1) is 0 Å². The van der Waals surface area contributed by atoms with Crippen LogP contribution in [0.5, 0.6) is 0 Å². The first-order valence-corrected chi connectivity index (χ1v) is 7.01. The van der Waals surface area contributed by atoms with Crippen molar-refractivity contribution in [2.75, 3.05) is 0 Å². The quantitative estimate of drug-likeness (QED) is 0.829. The molecule has 0 bridgehead atoms. The van der Waals surface area contributed by atoms with Gasteiger partial charge in [0, 0.05) is 6.04 Å². The molecule has 0 aromatic heterocycles. The molecule has 2 aromatic rings. The van der Waals surface area contributed by atoms with Crippen LogP contribution in [-0.2, 0) is 0 Å². The van der Waals surface area contributed by atoms with E-state index < -0.39 is 0 Å². The fourth-order valence-electron chi connectivity index (χ4n) is 3.40. The molecule has 0 amide bonds. The van der Waals surface area contributed by atoms with E-state index in [1.165, 1.54) is 47.6 Å². The zero-order valence-corrected chi connectivity index (χ0v) is 11.0. The molecule has 1 saturated carbocycles. The molecule has 3 rings (SSSR count). The first-order valence-electron chi connectivity index (χ1n) is 7.01. The summed E-state index contributed by atoms with van der Waals surface area (Å²) >= 11 is 0. The zero-order valence-electron chi connectivity index (χ0n) is 11.0. The van der Waals surface area contributed by atoms with Crippen LogP contribution in [-0.4, -0.2) is 0 Å². The summed E-state index contributed by atoms with van der Waals surface area (Å²) in [5.41, 5.74) is 9.28. The number of rotatable bonds is 2. The van der Waals surface area contributed by atoms with Crippen LogP contribution in [0.3, 0.4) is 0 Å². The molecular weight excluding hydrogens is 218 g/mol. The van der Waals surface area contributed by atoms with E-state index >= 15 is 0 Å². The fourth-order valence-corrected chi connectivity index (χ4v) is 3.40. The van der Waals surface area contributed by atoms with Crippen molar-refractivity contribution in [1.82, 2.24) is 0 Å². The van der Waals surface area contributed by atoms with Gasteiger partial charge in [-0.2, -0.15) is 0 Å². The highest BCUT2D eigenvalue weighted by Gasteiger charge is 2.25. The Morgan fingerprint density at radius 3 is 2.56 bits per heavy atom. The van der Waals surface area contributed by atoms with Crippen molar-refractivity contribution in [2.24, 2.45) is 11.7 Å². The van der Waals surface area contributed by atoms with Crippen molar-refractivity contribution in [3.05, 3.63) is 47.5 Å². The van der Waals surface area contributed by atoms with E-state index in [1.54, 1.807) is 0 Å². The molecule has 1 nitrogen and oxygen atoms in total. The van der Waals surface area contributed by atoms with Crippen molar-refractivity contribution in [3.8, 4) is 0 Å². The van der Waals surface area contributed by atoms with Crippen molar-refractivity contribution in [1.29, 1.82) is 0 Å². The maximum absolute atomic E-state index is 6.57. The Labute approximate surface area is 109 Å². The number of fused-ring (bicyclic) bond motifs is 1. The summed E-state index contributed by atoms with van der Waals surface area (Å²) in [6, 6.07) is 13.2. The number of aryl methyl sites for hydroxylation is 1. The average Bonchev–Trinajstić information content (AvgIpc) is 2.92. The van der Waals surface area contributed by atoms with E-state index in [4.69, 9.17) is 5.73 Å². The van der Waals surface area contributed by atoms with Crippen LogP contribution in [0.25, 0.3) is 10.8 Å². The van der Waals surface area contributed by atoms with Crippen LogP contribution in [0.4, 0.5) is 0 Å². The van der Waals surface area contributed by atoms with Crippen LogP contribution < -0.4 is 5.73 Å². The van der Waals surface area contributed by atoms with Crippen LogP contribution in [0.15, 0.2) is 36.4 Å². The average molecular weight is 239 g/mol. The number of benzene rings is 2.